The van der Waals surface area contributed by atoms with Crippen LogP contribution in [0.1, 0.15) is 28.5 Å². The van der Waals surface area contributed by atoms with Gasteiger partial charge in [-0.1, -0.05) is 24.3 Å². The van der Waals surface area contributed by atoms with Crippen molar-refractivity contribution >= 4 is 11.6 Å². The third kappa shape index (κ3) is 4.30. The summed E-state index contributed by atoms with van der Waals surface area (Å²) in [4.78, 5) is 18.5. The minimum absolute atomic E-state index is 0.135. The molecular weight excluding hydrogens is 409 g/mol. The van der Waals surface area contributed by atoms with Gasteiger partial charge in [-0.05, 0) is 47.5 Å². The van der Waals surface area contributed by atoms with Crippen molar-refractivity contribution in [3.8, 4) is 11.3 Å². The summed E-state index contributed by atoms with van der Waals surface area (Å²) in [5, 5.41) is 18.9. The van der Waals surface area contributed by atoms with Crippen LogP contribution in [-0.2, 0) is 23.9 Å². The Morgan fingerprint density at radius 2 is 1.81 bits per heavy atom. The van der Waals surface area contributed by atoms with E-state index in [1.165, 1.54) is 12.1 Å². The van der Waals surface area contributed by atoms with Crippen molar-refractivity contribution in [2.75, 3.05) is 11.5 Å². The van der Waals surface area contributed by atoms with Gasteiger partial charge < -0.3 is 15.1 Å². The minimum Gasteiger partial charge on any atom is -0.393 e. The fourth-order valence-corrected chi connectivity index (χ4v) is 3.59. The highest BCUT2D eigenvalue weighted by Gasteiger charge is 2.31. The van der Waals surface area contributed by atoms with Crippen molar-refractivity contribution in [1.29, 1.82) is 0 Å². The smallest absolute Gasteiger partial charge is 0.393 e. The summed E-state index contributed by atoms with van der Waals surface area (Å²) in [6.07, 6.45) is -5.29. The zero-order valence-corrected chi connectivity index (χ0v) is 16.3. The average molecular weight is 428 g/mol. The highest BCUT2D eigenvalue weighted by atomic mass is 19.4. The summed E-state index contributed by atoms with van der Waals surface area (Å²) < 4.78 is 38.3. The molecule has 3 aromatic rings. The van der Waals surface area contributed by atoms with Crippen LogP contribution in [0.25, 0.3) is 11.3 Å². The number of halogens is 3. The van der Waals surface area contributed by atoms with Crippen LogP contribution in [0.4, 0.5) is 18.9 Å². The Balaban J connectivity index is 1.58. The maximum Gasteiger partial charge on any atom is 0.416 e. The summed E-state index contributed by atoms with van der Waals surface area (Å²) in [6.45, 7) is -0.256. The largest absolute Gasteiger partial charge is 0.416 e. The first-order valence-electron chi connectivity index (χ1n) is 9.62. The number of hydrogen-bond donors (Lipinski definition) is 2. The first-order valence-corrected chi connectivity index (χ1v) is 9.62. The fraction of sp³-hybridized carbons (Fsp3) is 0.217. The van der Waals surface area contributed by atoms with Crippen LogP contribution < -0.4 is 4.90 Å². The van der Waals surface area contributed by atoms with Crippen molar-refractivity contribution in [3.63, 3.8) is 0 Å². The lowest BCUT2D eigenvalue weighted by molar-refractivity contribution is -0.137. The molecule has 1 aliphatic heterocycles. The molecule has 2 N–H and O–H groups in total. The molecule has 2 aromatic carbocycles. The molecule has 0 aliphatic carbocycles. The number of pyridine rings is 1. The zero-order chi connectivity index (χ0) is 22.2. The minimum atomic E-state index is -4.40. The topological polar surface area (TPSA) is 73.7 Å². The number of rotatable bonds is 5. The van der Waals surface area contributed by atoms with Crippen LogP contribution in [-0.4, -0.2) is 27.7 Å². The highest BCUT2D eigenvalue weighted by molar-refractivity contribution is 6.01. The number of aromatic nitrogens is 1. The van der Waals surface area contributed by atoms with Crippen LogP contribution in [0.3, 0.4) is 0 Å². The van der Waals surface area contributed by atoms with Gasteiger partial charge >= 0.3 is 6.18 Å². The summed E-state index contributed by atoms with van der Waals surface area (Å²) in [5.74, 6) is -0.135. The van der Waals surface area contributed by atoms with E-state index in [9.17, 15) is 23.1 Å². The van der Waals surface area contributed by atoms with Gasteiger partial charge in [0.25, 0.3) is 0 Å². The number of carbonyl (C=O) groups excluding carboxylic acids is 1. The number of hydrogen-bond acceptors (Lipinski definition) is 4. The quantitative estimate of drug-likeness (QED) is 0.647. The molecule has 0 saturated heterocycles. The van der Waals surface area contributed by atoms with Gasteiger partial charge in [0, 0.05) is 11.3 Å². The highest BCUT2D eigenvalue weighted by Crippen LogP contribution is 2.34. The molecule has 4 rings (SSSR count). The molecule has 5 nitrogen and oxygen atoms in total. The summed E-state index contributed by atoms with van der Waals surface area (Å²) in [5.41, 5.74) is 3.09. The summed E-state index contributed by atoms with van der Waals surface area (Å²) >= 11 is 0. The molecule has 160 valence electrons. The Kier molecular flexibility index (Phi) is 5.51. The number of anilines is 1. The number of fused-ring (bicyclic) bond motifs is 1. The molecule has 0 unspecified atom stereocenters. The van der Waals surface area contributed by atoms with E-state index < -0.39 is 24.5 Å². The van der Waals surface area contributed by atoms with E-state index >= 15 is 0 Å². The van der Waals surface area contributed by atoms with E-state index in [0.717, 1.165) is 23.3 Å². The lowest BCUT2D eigenvalue weighted by atomic mass is 10.0. The first kappa shape index (κ1) is 21.0. The van der Waals surface area contributed by atoms with Crippen LogP contribution in [0, 0.1) is 0 Å². The predicted molar refractivity (Wildman–Crippen MR) is 108 cm³/mol. The molecule has 0 fully saturated rings. The molecule has 0 spiro atoms. The molecule has 0 saturated carbocycles. The number of benzene rings is 2. The monoisotopic (exact) mass is 428 g/mol. The van der Waals surface area contributed by atoms with Gasteiger partial charge in [-0.15, -0.1) is 0 Å². The Morgan fingerprint density at radius 3 is 2.48 bits per heavy atom. The van der Waals surface area contributed by atoms with E-state index in [2.05, 4.69) is 4.98 Å². The number of amides is 1. The second-order valence-electron chi connectivity index (χ2n) is 7.34. The molecule has 31 heavy (non-hydrogen) atoms. The Bertz CT molecular complexity index is 1110. The van der Waals surface area contributed by atoms with Gasteiger partial charge in [0.1, 0.15) is 6.10 Å². The van der Waals surface area contributed by atoms with Crippen LogP contribution in [0.5, 0.6) is 0 Å². The van der Waals surface area contributed by atoms with Crippen molar-refractivity contribution in [3.05, 3.63) is 83.0 Å². The Morgan fingerprint density at radius 1 is 1.06 bits per heavy atom. The van der Waals surface area contributed by atoms with E-state index in [0.29, 0.717) is 22.6 Å². The maximum atomic E-state index is 12.8. The van der Waals surface area contributed by atoms with Crippen molar-refractivity contribution in [1.82, 2.24) is 4.98 Å². The molecule has 1 amide bonds. The van der Waals surface area contributed by atoms with Crippen LogP contribution >= 0.6 is 0 Å². The SMILES string of the molecule is O=C1Cc2cc(-c3cccc([C@H](O)CO)n3)ccc2N1Cc1ccc(C(F)(F)F)cc1. The van der Waals surface area contributed by atoms with Gasteiger partial charge in [-0.2, -0.15) is 13.2 Å². The first-order chi connectivity index (χ1) is 14.8. The second kappa shape index (κ2) is 8.13. The molecule has 2 heterocycles. The number of carbonyl (C=O) groups is 1. The maximum absolute atomic E-state index is 12.8. The van der Waals surface area contributed by atoms with Gasteiger partial charge in [0.05, 0.1) is 36.5 Å². The summed E-state index contributed by atoms with van der Waals surface area (Å²) in [6, 6.07) is 15.3. The van der Waals surface area contributed by atoms with E-state index in [1.807, 2.05) is 6.07 Å². The fourth-order valence-electron chi connectivity index (χ4n) is 3.59. The summed E-state index contributed by atoms with van der Waals surface area (Å²) in [7, 11) is 0. The molecule has 8 heteroatoms. The molecule has 1 atom stereocenters. The number of aliphatic hydroxyl groups excluding tert-OH is 2. The molecular formula is C23H19F3N2O3. The zero-order valence-electron chi connectivity index (χ0n) is 16.3. The Hall–Kier alpha value is -3.23. The van der Waals surface area contributed by atoms with Crippen molar-refractivity contribution in [2.24, 2.45) is 0 Å². The van der Waals surface area contributed by atoms with E-state index in [-0.39, 0.29) is 18.9 Å². The van der Waals surface area contributed by atoms with Crippen molar-refractivity contribution in [2.45, 2.75) is 25.2 Å². The third-order valence-electron chi connectivity index (χ3n) is 5.22. The number of aliphatic hydroxyl groups is 2. The van der Waals surface area contributed by atoms with Gasteiger partial charge in [0.15, 0.2) is 0 Å². The normalized spacial score (nSPS) is 14.6. The van der Waals surface area contributed by atoms with E-state index in [4.69, 9.17) is 5.11 Å². The van der Waals surface area contributed by atoms with Crippen LogP contribution in [0.15, 0.2) is 60.7 Å². The number of alkyl halides is 3. The van der Waals surface area contributed by atoms with Gasteiger partial charge in [-0.25, -0.2) is 4.98 Å². The van der Waals surface area contributed by atoms with Gasteiger partial charge in [0.2, 0.25) is 5.91 Å². The van der Waals surface area contributed by atoms with E-state index in [1.54, 1.807) is 35.2 Å². The van der Waals surface area contributed by atoms with Crippen LogP contribution in [0.2, 0.25) is 0 Å². The second-order valence-corrected chi connectivity index (χ2v) is 7.34. The molecule has 0 bridgehead atoms. The molecule has 1 aromatic heterocycles. The molecule has 0 radical (unpaired) electrons. The third-order valence-corrected chi connectivity index (χ3v) is 5.22. The van der Waals surface area contributed by atoms with Crippen molar-refractivity contribution < 1.29 is 28.2 Å². The average Bonchev–Trinajstić information content (AvgIpc) is 3.07. The Labute approximate surface area is 176 Å². The molecule has 1 aliphatic rings. The van der Waals surface area contributed by atoms with Gasteiger partial charge in [-0.3, -0.25) is 4.79 Å². The lowest BCUT2D eigenvalue weighted by Crippen LogP contribution is -2.26. The lowest BCUT2D eigenvalue weighted by Gasteiger charge is -2.18. The predicted octanol–water partition coefficient (Wildman–Crippen LogP) is 3.88. The standard InChI is InChI=1S/C23H19F3N2O3/c24-23(25,26)17-7-4-14(5-8-17)12-28-20-9-6-15(10-16(20)11-22(28)31)18-2-1-3-19(27-18)21(30)13-29/h1-10,21,29-30H,11-13H2/t21-/m1/s1. The number of nitrogens with zero attached hydrogens (tertiary/aromatic N) is 2.